The maximum atomic E-state index is 14.2. The smallest absolute Gasteiger partial charge is 0.410 e. The van der Waals surface area contributed by atoms with Gasteiger partial charge in [0.05, 0.1) is 11.5 Å². The highest BCUT2D eigenvalue weighted by Crippen LogP contribution is 2.62. The van der Waals surface area contributed by atoms with Crippen LogP contribution in [0, 0.1) is 23.7 Å². The van der Waals surface area contributed by atoms with Crippen molar-refractivity contribution in [3.63, 3.8) is 0 Å². The second kappa shape index (κ2) is 8.81. The van der Waals surface area contributed by atoms with Crippen LogP contribution in [0.5, 0.6) is 0 Å². The molecule has 2 amide bonds. The number of amides is 2. The van der Waals surface area contributed by atoms with E-state index in [1.54, 1.807) is 4.90 Å². The molecule has 34 heavy (non-hydrogen) atoms. The zero-order chi connectivity index (χ0) is 24.3. The first-order chi connectivity index (χ1) is 16.0. The second-order valence-electron chi connectivity index (χ2n) is 12.0. The molecule has 4 bridgehead atoms. The summed E-state index contributed by atoms with van der Waals surface area (Å²) in [6.45, 7) is 7.39. The van der Waals surface area contributed by atoms with Crippen molar-refractivity contribution >= 4 is 27.9 Å². The largest absolute Gasteiger partial charge is 0.444 e. The average molecular weight is 534 g/mol. The molecule has 1 saturated heterocycles. The van der Waals surface area contributed by atoms with Crippen LogP contribution < -0.4 is 0 Å². The summed E-state index contributed by atoms with van der Waals surface area (Å²) in [6.07, 6.45) is 5.11. The Morgan fingerprint density at radius 2 is 1.56 bits per heavy atom. The van der Waals surface area contributed by atoms with Gasteiger partial charge in [0, 0.05) is 30.7 Å². The summed E-state index contributed by atoms with van der Waals surface area (Å²) >= 11 is 3.58. The molecule has 4 saturated carbocycles. The molecular formula is C27H37BrN2O4. The number of benzene rings is 1. The number of ether oxygens (including phenoxy) is 1. The summed E-state index contributed by atoms with van der Waals surface area (Å²) in [5.41, 5.74) is -0.657. The standard InChI is InChI=1S/C27H37BrN2O4/c1-26(2,3)34-25(32)30-9-7-29(8-10-30)24(31)23(19-5-4-6-22(28)16-19)27(33)20-12-17-11-18(14-20)15-21(27)13-17/h4-6,16-18,20-21,23,33H,7-15H2,1-3H3. The van der Waals surface area contributed by atoms with Crippen molar-refractivity contribution in [2.24, 2.45) is 23.7 Å². The Bertz CT molecular complexity index is 922. The molecule has 4 aliphatic carbocycles. The van der Waals surface area contributed by atoms with E-state index < -0.39 is 17.1 Å². The molecule has 5 aliphatic rings. The van der Waals surface area contributed by atoms with E-state index in [-0.39, 0.29) is 23.8 Å². The summed E-state index contributed by atoms with van der Waals surface area (Å²) in [4.78, 5) is 30.2. The number of aliphatic hydroxyl groups is 1. The van der Waals surface area contributed by atoms with Gasteiger partial charge in [-0.2, -0.15) is 0 Å². The molecule has 6 rings (SSSR count). The molecule has 1 N–H and O–H groups in total. The van der Waals surface area contributed by atoms with E-state index in [0.29, 0.717) is 38.0 Å². The summed E-state index contributed by atoms with van der Waals surface area (Å²) in [6, 6.07) is 7.92. The van der Waals surface area contributed by atoms with Crippen LogP contribution in [0.2, 0.25) is 0 Å². The van der Waals surface area contributed by atoms with Gasteiger partial charge in [0.15, 0.2) is 0 Å². The van der Waals surface area contributed by atoms with E-state index in [9.17, 15) is 14.7 Å². The van der Waals surface area contributed by atoms with Gasteiger partial charge in [-0.05, 0) is 94.2 Å². The minimum atomic E-state index is -1.01. The van der Waals surface area contributed by atoms with Crippen molar-refractivity contribution in [3.05, 3.63) is 34.3 Å². The average Bonchev–Trinajstić information content (AvgIpc) is 2.76. The van der Waals surface area contributed by atoms with Crippen molar-refractivity contribution < 1.29 is 19.4 Å². The van der Waals surface area contributed by atoms with Crippen LogP contribution in [0.1, 0.15) is 64.4 Å². The zero-order valence-electron chi connectivity index (χ0n) is 20.5. The molecule has 1 atom stereocenters. The number of carbonyl (C=O) groups is 2. The molecule has 1 heterocycles. The van der Waals surface area contributed by atoms with Gasteiger partial charge in [-0.15, -0.1) is 0 Å². The Morgan fingerprint density at radius 1 is 1.00 bits per heavy atom. The number of nitrogens with zero attached hydrogens (tertiary/aromatic N) is 2. The number of hydrogen-bond donors (Lipinski definition) is 1. The van der Waals surface area contributed by atoms with Gasteiger partial charge in [0.25, 0.3) is 0 Å². The molecular weight excluding hydrogens is 496 g/mol. The number of carbonyl (C=O) groups excluding carboxylic acids is 2. The lowest BCUT2D eigenvalue weighted by Gasteiger charge is -2.61. The third-order valence-corrected chi connectivity index (χ3v) is 9.07. The SMILES string of the molecule is CC(C)(C)OC(=O)N1CCN(C(=O)C(c2cccc(Br)c2)C2(O)C3CC4CC(C3)CC2C4)CC1. The summed E-state index contributed by atoms with van der Waals surface area (Å²) in [5.74, 6) is 1.20. The fraction of sp³-hybridized carbons (Fsp3) is 0.704. The van der Waals surface area contributed by atoms with Gasteiger partial charge in [-0.3, -0.25) is 4.79 Å². The summed E-state index contributed by atoms with van der Waals surface area (Å²) < 4.78 is 6.44. The third kappa shape index (κ3) is 4.39. The summed E-state index contributed by atoms with van der Waals surface area (Å²) in [7, 11) is 0. The number of hydrogen-bond acceptors (Lipinski definition) is 4. The molecule has 1 aromatic carbocycles. The highest BCUT2D eigenvalue weighted by molar-refractivity contribution is 9.10. The maximum absolute atomic E-state index is 14.2. The fourth-order valence-corrected chi connectivity index (χ4v) is 7.74. The number of rotatable bonds is 3. The maximum Gasteiger partial charge on any atom is 0.410 e. The van der Waals surface area contributed by atoms with E-state index in [1.165, 1.54) is 6.42 Å². The third-order valence-electron chi connectivity index (χ3n) is 8.58. The van der Waals surface area contributed by atoms with Crippen molar-refractivity contribution in [3.8, 4) is 0 Å². The van der Waals surface area contributed by atoms with Gasteiger partial charge in [0.2, 0.25) is 5.91 Å². The number of piperazine rings is 1. The van der Waals surface area contributed by atoms with Crippen LogP contribution in [-0.2, 0) is 9.53 Å². The first-order valence-corrected chi connectivity index (χ1v) is 13.6. The van der Waals surface area contributed by atoms with Crippen molar-refractivity contribution in [2.45, 2.75) is 70.0 Å². The van der Waals surface area contributed by atoms with Crippen LogP contribution >= 0.6 is 15.9 Å². The molecule has 7 heteroatoms. The predicted octanol–water partition coefficient (Wildman–Crippen LogP) is 4.80. The molecule has 5 fully saturated rings. The van der Waals surface area contributed by atoms with Crippen LogP contribution in [0.4, 0.5) is 4.79 Å². The van der Waals surface area contributed by atoms with E-state index >= 15 is 0 Å². The Morgan fingerprint density at radius 3 is 2.09 bits per heavy atom. The minimum absolute atomic E-state index is 0.00286. The van der Waals surface area contributed by atoms with Gasteiger partial charge in [-0.1, -0.05) is 28.1 Å². The molecule has 0 radical (unpaired) electrons. The topological polar surface area (TPSA) is 70.1 Å². The zero-order valence-corrected chi connectivity index (χ0v) is 22.1. The highest BCUT2D eigenvalue weighted by atomic mass is 79.9. The quantitative estimate of drug-likeness (QED) is 0.606. The Labute approximate surface area is 211 Å². The highest BCUT2D eigenvalue weighted by Gasteiger charge is 2.62. The number of halogens is 1. The lowest BCUT2D eigenvalue weighted by atomic mass is 9.46. The minimum Gasteiger partial charge on any atom is -0.444 e. The fourth-order valence-electron chi connectivity index (χ4n) is 7.32. The van der Waals surface area contributed by atoms with Gasteiger partial charge in [-0.25, -0.2) is 4.79 Å². The lowest BCUT2D eigenvalue weighted by Crippen LogP contribution is -2.64. The molecule has 1 aromatic rings. The Balaban J connectivity index is 1.39. The van der Waals surface area contributed by atoms with Gasteiger partial charge < -0.3 is 19.6 Å². The lowest BCUT2D eigenvalue weighted by molar-refractivity contribution is -0.193. The predicted molar refractivity (Wildman–Crippen MR) is 133 cm³/mol. The first-order valence-electron chi connectivity index (χ1n) is 12.8. The van der Waals surface area contributed by atoms with E-state index in [2.05, 4.69) is 15.9 Å². The Kier molecular flexibility index (Phi) is 6.25. The Hall–Kier alpha value is -1.60. The molecule has 1 aliphatic heterocycles. The molecule has 6 nitrogen and oxygen atoms in total. The van der Waals surface area contributed by atoms with E-state index in [0.717, 1.165) is 35.7 Å². The van der Waals surface area contributed by atoms with E-state index in [4.69, 9.17) is 4.74 Å². The van der Waals surface area contributed by atoms with Crippen molar-refractivity contribution in [2.75, 3.05) is 26.2 Å². The van der Waals surface area contributed by atoms with Crippen molar-refractivity contribution in [1.29, 1.82) is 0 Å². The van der Waals surface area contributed by atoms with Crippen LogP contribution in [0.3, 0.4) is 0 Å². The van der Waals surface area contributed by atoms with Crippen LogP contribution in [0.25, 0.3) is 0 Å². The first kappa shape index (κ1) is 24.1. The van der Waals surface area contributed by atoms with E-state index in [1.807, 2.05) is 49.9 Å². The molecule has 0 spiro atoms. The molecule has 1 unspecified atom stereocenters. The van der Waals surface area contributed by atoms with Crippen LogP contribution in [0.15, 0.2) is 28.7 Å². The molecule has 186 valence electrons. The van der Waals surface area contributed by atoms with Crippen molar-refractivity contribution in [1.82, 2.24) is 9.80 Å². The molecule has 0 aromatic heterocycles. The monoisotopic (exact) mass is 532 g/mol. The second-order valence-corrected chi connectivity index (χ2v) is 12.9. The van der Waals surface area contributed by atoms with Gasteiger partial charge in [0.1, 0.15) is 5.60 Å². The summed E-state index contributed by atoms with van der Waals surface area (Å²) in [5, 5.41) is 12.4. The normalized spacial score (nSPS) is 33.7. The van der Waals surface area contributed by atoms with Gasteiger partial charge >= 0.3 is 6.09 Å². The van der Waals surface area contributed by atoms with Crippen LogP contribution in [-0.4, -0.2) is 64.3 Å².